The maximum absolute atomic E-state index is 12.5. The molecule has 2 aromatic carbocycles. The first-order chi connectivity index (χ1) is 13.9. The molecule has 0 aromatic heterocycles. The van der Waals surface area contributed by atoms with E-state index in [0.717, 1.165) is 6.42 Å². The van der Waals surface area contributed by atoms with Crippen molar-refractivity contribution in [2.75, 3.05) is 27.4 Å². The molecule has 0 aliphatic heterocycles. The van der Waals surface area contributed by atoms with E-state index in [-0.39, 0.29) is 4.90 Å². The van der Waals surface area contributed by atoms with Crippen LogP contribution in [0.5, 0.6) is 23.0 Å². The highest BCUT2D eigenvalue weighted by molar-refractivity contribution is 7.89. The Morgan fingerprint density at radius 2 is 1.66 bits per heavy atom. The zero-order chi connectivity index (χ0) is 21.3. The fourth-order valence-corrected chi connectivity index (χ4v) is 3.22. The molecule has 0 atom stereocenters. The maximum Gasteiger partial charge on any atom is 0.276 e. The summed E-state index contributed by atoms with van der Waals surface area (Å²) in [5.41, 5.74) is 0.660. The summed E-state index contributed by atoms with van der Waals surface area (Å²) in [6, 6.07) is 9.56. The van der Waals surface area contributed by atoms with Gasteiger partial charge in [0.2, 0.25) is 0 Å². The number of rotatable bonds is 11. The first-order valence-corrected chi connectivity index (χ1v) is 10.6. The van der Waals surface area contributed by atoms with Gasteiger partial charge >= 0.3 is 0 Å². The zero-order valence-electron chi connectivity index (χ0n) is 17.0. The lowest BCUT2D eigenvalue weighted by Gasteiger charge is -2.12. The SMILES string of the molecule is CCCOc1ccc(/C=N/NS(=O)(=O)c2ccc(OC)c(OC)c2)cc1OCC. The van der Waals surface area contributed by atoms with Crippen LogP contribution in [0.15, 0.2) is 46.4 Å². The smallest absolute Gasteiger partial charge is 0.276 e. The second-order valence-electron chi connectivity index (χ2n) is 5.86. The molecule has 0 bridgehead atoms. The van der Waals surface area contributed by atoms with Gasteiger partial charge in [0.1, 0.15) is 0 Å². The Kier molecular flexibility index (Phi) is 8.14. The Balaban J connectivity index is 2.16. The molecule has 0 amide bonds. The molecule has 0 unspecified atom stereocenters. The Bertz CT molecular complexity index is 944. The molecule has 0 heterocycles. The molecule has 0 spiro atoms. The maximum atomic E-state index is 12.5. The van der Waals surface area contributed by atoms with Gasteiger partial charge in [0, 0.05) is 6.07 Å². The van der Waals surface area contributed by atoms with Crippen molar-refractivity contribution < 1.29 is 27.4 Å². The fraction of sp³-hybridized carbons (Fsp3) is 0.350. The minimum atomic E-state index is -3.87. The van der Waals surface area contributed by atoms with Gasteiger partial charge in [-0.25, -0.2) is 4.83 Å². The Labute approximate surface area is 171 Å². The van der Waals surface area contributed by atoms with Crippen LogP contribution in [0.4, 0.5) is 0 Å². The molecule has 0 radical (unpaired) electrons. The van der Waals surface area contributed by atoms with Gasteiger partial charge in [0.25, 0.3) is 10.0 Å². The summed E-state index contributed by atoms with van der Waals surface area (Å²) in [4.78, 5) is 2.19. The van der Waals surface area contributed by atoms with Crippen LogP contribution in [0.3, 0.4) is 0 Å². The highest BCUT2D eigenvalue weighted by atomic mass is 32.2. The Morgan fingerprint density at radius 3 is 2.31 bits per heavy atom. The van der Waals surface area contributed by atoms with E-state index < -0.39 is 10.0 Å². The first-order valence-electron chi connectivity index (χ1n) is 9.11. The van der Waals surface area contributed by atoms with Crippen LogP contribution in [0.2, 0.25) is 0 Å². The molecule has 0 aliphatic carbocycles. The van der Waals surface area contributed by atoms with Gasteiger partial charge < -0.3 is 18.9 Å². The predicted octanol–water partition coefficient (Wildman–Crippen LogP) is 3.20. The number of hydrogen-bond acceptors (Lipinski definition) is 7. The average Bonchev–Trinajstić information content (AvgIpc) is 2.72. The van der Waals surface area contributed by atoms with Crippen molar-refractivity contribution in [3.05, 3.63) is 42.0 Å². The Hall–Kier alpha value is -2.94. The fourth-order valence-electron chi connectivity index (χ4n) is 2.41. The van der Waals surface area contributed by atoms with Crippen molar-refractivity contribution in [1.29, 1.82) is 0 Å². The third-order valence-electron chi connectivity index (χ3n) is 3.78. The molecule has 2 rings (SSSR count). The number of hydrogen-bond donors (Lipinski definition) is 1. The van der Waals surface area contributed by atoms with Gasteiger partial charge in [-0.1, -0.05) is 6.92 Å². The quantitative estimate of drug-likeness (QED) is 0.441. The van der Waals surface area contributed by atoms with Crippen molar-refractivity contribution in [1.82, 2.24) is 4.83 Å². The van der Waals surface area contributed by atoms with Crippen LogP contribution < -0.4 is 23.8 Å². The van der Waals surface area contributed by atoms with Gasteiger partial charge in [-0.15, -0.1) is 0 Å². The Morgan fingerprint density at radius 1 is 0.931 bits per heavy atom. The number of nitrogens with one attached hydrogen (secondary N) is 1. The summed E-state index contributed by atoms with van der Waals surface area (Å²) in [6.07, 6.45) is 2.27. The van der Waals surface area contributed by atoms with Crippen LogP contribution in [0, 0.1) is 0 Å². The van der Waals surface area contributed by atoms with E-state index in [9.17, 15) is 8.42 Å². The van der Waals surface area contributed by atoms with E-state index in [1.165, 1.54) is 38.6 Å². The van der Waals surface area contributed by atoms with E-state index >= 15 is 0 Å². The van der Waals surface area contributed by atoms with Gasteiger partial charge in [-0.2, -0.15) is 13.5 Å². The molecule has 0 saturated heterocycles. The summed E-state index contributed by atoms with van der Waals surface area (Å²) < 4.78 is 46.4. The molecule has 9 heteroatoms. The minimum absolute atomic E-state index is 0.00520. The van der Waals surface area contributed by atoms with Crippen molar-refractivity contribution in [3.63, 3.8) is 0 Å². The molecule has 0 fully saturated rings. The summed E-state index contributed by atoms with van der Waals surface area (Å²) in [6.45, 7) is 4.96. The van der Waals surface area contributed by atoms with Crippen molar-refractivity contribution >= 4 is 16.2 Å². The van der Waals surface area contributed by atoms with Crippen molar-refractivity contribution in [3.8, 4) is 23.0 Å². The van der Waals surface area contributed by atoms with Gasteiger partial charge in [0.15, 0.2) is 23.0 Å². The minimum Gasteiger partial charge on any atom is -0.493 e. The zero-order valence-corrected chi connectivity index (χ0v) is 17.8. The molecular weight excluding hydrogens is 396 g/mol. The van der Waals surface area contributed by atoms with Crippen LogP contribution in [-0.2, 0) is 10.0 Å². The van der Waals surface area contributed by atoms with E-state index in [1.807, 2.05) is 13.8 Å². The van der Waals surface area contributed by atoms with Gasteiger partial charge in [-0.3, -0.25) is 0 Å². The molecular formula is C20H26N2O6S. The predicted molar refractivity (Wildman–Crippen MR) is 111 cm³/mol. The first kappa shape index (κ1) is 22.4. The second kappa shape index (κ2) is 10.6. The number of methoxy groups -OCH3 is 2. The third kappa shape index (κ3) is 6.02. The molecule has 158 valence electrons. The number of benzene rings is 2. The molecule has 0 aliphatic rings. The van der Waals surface area contributed by atoms with Gasteiger partial charge in [-0.05, 0) is 49.2 Å². The lowest BCUT2D eigenvalue weighted by Crippen LogP contribution is -2.18. The lowest BCUT2D eigenvalue weighted by molar-refractivity contribution is 0.277. The van der Waals surface area contributed by atoms with Crippen LogP contribution in [0.1, 0.15) is 25.8 Å². The highest BCUT2D eigenvalue weighted by Crippen LogP contribution is 2.30. The standard InChI is InChI=1S/C20H26N2O6S/c1-5-11-28-18-9-7-15(12-20(18)27-6-2)14-21-22-29(23,24)16-8-10-17(25-3)19(13-16)26-4/h7-10,12-14,22H,5-6,11H2,1-4H3/b21-14+. The molecule has 29 heavy (non-hydrogen) atoms. The van der Waals surface area contributed by atoms with Crippen molar-refractivity contribution in [2.24, 2.45) is 5.10 Å². The number of nitrogens with zero attached hydrogens (tertiary/aromatic N) is 1. The van der Waals surface area contributed by atoms with Crippen LogP contribution in [0.25, 0.3) is 0 Å². The summed E-state index contributed by atoms with van der Waals surface area (Å²) in [5.74, 6) is 1.96. The topological polar surface area (TPSA) is 95.5 Å². The summed E-state index contributed by atoms with van der Waals surface area (Å²) in [7, 11) is -0.958. The van der Waals surface area contributed by atoms with Crippen LogP contribution >= 0.6 is 0 Å². The lowest BCUT2D eigenvalue weighted by atomic mass is 10.2. The number of sulfonamides is 1. The molecule has 0 saturated carbocycles. The summed E-state index contributed by atoms with van der Waals surface area (Å²) >= 11 is 0. The van der Waals surface area contributed by atoms with Gasteiger partial charge in [0.05, 0.1) is 38.5 Å². The molecule has 8 nitrogen and oxygen atoms in total. The normalized spacial score (nSPS) is 11.3. The third-order valence-corrected chi connectivity index (χ3v) is 5.00. The second-order valence-corrected chi connectivity index (χ2v) is 7.52. The largest absolute Gasteiger partial charge is 0.493 e. The number of ether oxygens (including phenoxy) is 4. The molecule has 1 N–H and O–H groups in total. The number of hydrazone groups is 1. The average molecular weight is 423 g/mol. The molecule has 2 aromatic rings. The van der Waals surface area contributed by atoms with E-state index in [4.69, 9.17) is 18.9 Å². The highest BCUT2D eigenvalue weighted by Gasteiger charge is 2.16. The van der Waals surface area contributed by atoms with Crippen molar-refractivity contribution in [2.45, 2.75) is 25.2 Å². The monoisotopic (exact) mass is 422 g/mol. The van der Waals surface area contributed by atoms with E-state index in [1.54, 1.807) is 18.2 Å². The van der Waals surface area contributed by atoms with Crippen LogP contribution in [-0.4, -0.2) is 42.1 Å². The van der Waals surface area contributed by atoms with E-state index in [0.29, 0.717) is 41.8 Å². The summed E-state index contributed by atoms with van der Waals surface area (Å²) in [5, 5.41) is 3.85. The van der Waals surface area contributed by atoms with E-state index in [2.05, 4.69) is 9.93 Å².